The van der Waals surface area contributed by atoms with E-state index in [-0.39, 0.29) is 25.0 Å². The number of aliphatic hydroxyl groups is 1. The Morgan fingerprint density at radius 2 is 1.94 bits per heavy atom. The number of aliphatic hydroxyl groups excluding tert-OH is 1. The Labute approximate surface area is 108 Å². The Bertz CT molecular complexity index is 384. The first-order chi connectivity index (χ1) is 8.51. The van der Waals surface area contributed by atoms with E-state index < -0.39 is 0 Å². The zero-order valence-electron chi connectivity index (χ0n) is 11.2. The van der Waals surface area contributed by atoms with Crippen LogP contribution in [0.25, 0.3) is 0 Å². The minimum atomic E-state index is -0.210. The van der Waals surface area contributed by atoms with Crippen molar-refractivity contribution in [3.8, 4) is 5.75 Å². The lowest BCUT2D eigenvalue weighted by Crippen LogP contribution is -2.35. The summed E-state index contributed by atoms with van der Waals surface area (Å²) in [6, 6.07) is 5.75. The molecule has 0 aliphatic carbocycles. The van der Waals surface area contributed by atoms with Crippen LogP contribution in [0, 0.1) is 13.8 Å². The quantitative estimate of drug-likeness (QED) is 0.807. The van der Waals surface area contributed by atoms with Gasteiger partial charge in [0.15, 0.2) is 0 Å². The third-order valence-corrected chi connectivity index (χ3v) is 2.47. The third-order valence-electron chi connectivity index (χ3n) is 2.47. The molecule has 1 amide bonds. The maximum absolute atomic E-state index is 11.4. The second-order valence-electron chi connectivity index (χ2n) is 4.57. The van der Waals surface area contributed by atoms with Crippen LogP contribution >= 0.6 is 0 Å². The highest BCUT2D eigenvalue weighted by Gasteiger charge is 2.06. The smallest absolute Gasteiger partial charge is 0.223 e. The Morgan fingerprint density at radius 3 is 2.50 bits per heavy atom. The van der Waals surface area contributed by atoms with Crippen LogP contribution in [0.3, 0.4) is 0 Å². The Balaban J connectivity index is 2.35. The second kappa shape index (κ2) is 7.01. The summed E-state index contributed by atoms with van der Waals surface area (Å²) in [7, 11) is 0. The van der Waals surface area contributed by atoms with Gasteiger partial charge in [-0.25, -0.2) is 0 Å². The molecule has 0 unspecified atom stereocenters. The van der Waals surface area contributed by atoms with Gasteiger partial charge in [0.25, 0.3) is 0 Å². The molecule has 1 aromatic carbocycles. The van der Waals surface area contributed by atoms with Crippen LogP contribution in [0.5, 0.6) is 5.75 Å². The van der Waals surface area contributed by atoms with Crippen molar-refractivity contribution in [2.75, 3.05) is 13.2 Å². The van der Waals surface area contributed by atoms with Gasteiger partial charge in [-0.05, 0) is 44.0 Å². The van der Waals surface area contributed by atoms with Gasteiger partial charge in [0.05, 0.1) is 19.6 Å². The van der Waals surface area contributed by atoms with Crippen molar-refractivity contribution in [2.24, 2.45) is 0 Å². The summed E-state index contributed by atoms with van der Waals surface area (Å²) < 4.78 is 5.53. The average Bonchev–Trinajstić information content (AvgIpc) is 2.27. The Morgan fingerprint density at radius 1 is 1.33 bits per heavy atom. The van der Waals surface area contributed by atoms with Gasteiger partial charge in [-0.3, -0.25) is 4.79 Å². The Hall–Kier alpha value is -1.55. The minimum absolute atomic E-state index is 0.0519. The molecule has 2 N–H and O–H groups in total. The first kappa shape index (κ1) is 14.5. The molecule has 18 heavy (non-hydrogen) atoms. The van der Waals surface area contributed by atoms with Crippen molar-refractivity contribution in [1.29, 1.82) is 0 Å². The summed E-state index contributed by atoms with van der Waals surface area (Å²) in [5.74, 6) is 0.677. The van der Waals surface area contributed by atoms with Gasteiger partial charge in [0.2, 0.25) is 5.91 Å². The van der Waals surface area contributed by atoms with Crippen molar-refractivity contribution < 1.29 is 14.6 Å². The first-order valence-corrected chi connectivity index (χ1v) is 6.12. The molecule has 0 aliphatic heterocycles. The summed E-state index contributed by atoms with van der Waals surface area (Å²) in [5, 5.41) is 11.5. The van der Waals surface area contributed by atoms with Crippen molar-refractivity contribution in [3.63, 3.8) is 0 Å². The molecule has 0 aromatic heterocycles. The molecule has 1 aromatic rings. The fourth-order valence-corrected chi connectivity index (χ4v) is 1.67. The van der Waals surface area contributed by atoms with Crippen LogP contribution in [0.1, 0.15) is 24.5 Å². The van der Waals surface area contributed by atoms with Crippen molar-refractivity contribution in [1.82, 2.24) is 5.32 Å². The molecule has 4 nitrogen and oxygen atoms in total. The number of carbonyl (C=O) groups is 1. The van der Waals surface area contributed by atoms with Crippen molar-refractivity contribution >= 4 is 5.91 Å². The molecule has 0 bridgehead atoms. The first-order valence-electron chi connectivity index (χ1n) is 6.12. The number of carbonyl (C=O) groups excluding carboxylic acids is 1. The van der Waals surface area contributed by atoms with Gasteiger partial charge in [-0.1, -0.05) is 6.07 Å². The van der Waals surface area contributed by atoms with Gasteiger partial charge in [0.1, 0.15) is 5.75 Å². The predicted molar refractivity (Wildman–Crippen MR) is 70.7 cm³/mol. The van der Waals surface area contributed by atoms with E-state index >= 15 is 0 Å². The number of benzene rings is 1. The van der Waals surface area contributed by atoms with Gasteiger partial charge >= 0.3 is 0 Å². The van der Waals surface area contributed by atoms with Gasteiger partial charge in [0, 0.05) is 6.04 Å². The maximum atomic E-state index is 11.4. The molecule has 4 heteroatoms. The molecular weight excluding hydrogens is 230 g/mol. The highest BCUT2D eigenvalue weighted by atomic mass is 16.5. The number of amides is 1. The maximum Gasteiger partial charge on any atom is 0.223 e. The van der Waals surface area contributed by atoms with Crippen LogP contribution in [-0.4, -0.2) is 30.3 Å². The van der Waals surface area contributed by atoms with E-state index in [1.165, 1.54) is 0 Å². The van der Waals surface area contributed by atoms with Crippen molar-refractivity contribution in [2.45, 2.75) is 33.2 Å². The fourth-order valence-electron chi connectivity index (χ4n) is 1.67. The highest BCUT2D eigenvalue weighted by Crippen LogP contribution is 2.16. The average molecular weight is 251 g/mol. The summed E-state index contributed by atoms with van der Waals surface area (Å²) in [4.78, 5) is 11.4. The lowest BCUT2D eigenvalue weighted by atomic mass is 10.1. The number of ether oxygens (including phenoxy) is 1. The number of hydrogen-bond donors (Lipinski definition) is 2. The van der Waals surface area contributed by atoms with E-state index in [0.717, 1.165) is 16.9 Å². The summed E-state index contributed by atoms with van der Waals surface area (Å²) >= 11 is 0. The molecule has 0 spiro atoms. The number of hydrogen-bond acceptors (Lipinski definition) is 3. The molecule has 0 saturated heterocycles. The largest absolute Gasteiger partial charge is 0.493 e. The molecule has 0 radical (unpaired) electrons. The van der Waals surface area contributed by atoms with Gasteiger partial charge < -0.3 is 15.2 Å². The minimum Gasteiger partial charge on any atom is -0.493 e. The molecule has 1 atom stereocenters. The topological polar surface area (TPSA) is 58.6 Å². The second-order valence-corrected chi connectivity index (χ2v) is 4.57. The van der Waals surface area contributed by atoms with Crippen LogP contribution in [0.4, 0.5) is 0 Å². The number of aryl methyl sites for hydroxylation is 2. The van der Waals surface area contributed by atoms with E-state index in [0.29, 0.717) is 6.61 Å². The molecule has 0 aliphatic rings. The van der Waals surface area contributed by atoms with E-state index in [1.807, 2.05) is 26.0 Å². The summed E-state index contributed by atoms with van der Waals surface area (Å²) in [5.41, 5.74) is 2.28. The lowest BCUT2D eigenvalue weighted by Gasteiger charge is -2.11. The zero-order chi connectivity index (χ0) is 13.5. The summed E-state index contributed by atoms with van der Waals surface area (Å²) in [6.45, 7) is 6.06. The number of nitrogens with one attached hydrogen (secondary N) is 1. The van der Waals surface area contributed by atoms with E-state index in [1.54, 1.807) is 6.92 Å². The van der Waals surface area contributed by atoms with Crippen LogP contribution in [-0.2, 0) is 4.79 Å². The molecule has 0 heterocycles. The third kappa shape index (κ3) is 5.19. The lowest BCUT2D eigenvalue weighted by molar-refractivity contribution is -0.122. The Kier molecular flexibility index (Phi) is 5.65. The number of rotatable bonds is 6. The predicted octanol–water partition coefficient (Wildman–Crippen LogP) is 1.57. The standard InChI is InChI=1S/C14H21NO3/c1-10-6-11(2)8-13(7-10)18-5-4-14(17)15-12(3)9-16/h6-8,12,16H,4-5,9H2,1-3H3,(H,15,17)/t12-/m0/s1. The molecule has 0 saturated carbocycles. The van der Waals surface area contributed by atoms with E-state index in [2.05, 4.69) is 11.4 Å². The van der Waals surface area contributed by atoms with Crippen LogP contribution in [0.15, 0.2) is 18.2 Å². The fraction of sp³-hybridized carbons (Fsp3) is 0.500. The molecule has 0 fully saturated rings. The van der Waals surface area contributed by atoms with Crippen LogP contribution in [0.2, 0.25) is 0 Å². The molecule has 1 rings (SSSR count). The molecule has 100 valence electrons. The normalized spacial score (nSPS) is 12.0. The molecular formula is C14H21NO3. The SMILES string of the molecule is Cc1cc(C)cc(OCCC(=O)N[C@@H](C)CO)c1. The van der Waals surface area contributed by atoms with E-state index in [4.69, 9.17) is 9.84 Å². The monoisotopic (exact) mass is 251 g/mol. The van der Waals surface area contributed by atoms with E-state index in [9.17, 15) is 4.79 Å². The highest BCUT2D eigenvalue weighted by molar-refractivity contribution is 5.76. The van der Waals surface area contributed by atoms with Gasteiger partial charge in [-0.15, -0.1) is 0 Å². The summed E-state index contributed by atoms with van der Waals surface area (Å²) in [6.07, 6.45) is 0.289. The van der Waals surface area contributed by atoms with Crippen molar-refractivity contribution in [3.05, 3.63) is 29.3 Å². The van der Waals surface area contributed by atoms with Crippen LogP contribution < -0.4 is 10.1 Å². The zero-order valence-corrected chi connectivity index (χ0v) is 11.2. The van der Waals surface area contributed by atoms with Gasteiger partial charge in [-0.2, -0.15) is 0 Å².